The van der Waals surface area contributed by atoms with Crippen LogP contribution in [0.1, 0.15) is 0 Å². The largest absolute Gasteiger partial charge is 0.277 e. The van der Waals surface area contributed by atoms with Gasteiger partial charge >= 0.3 is 0 Å². The molecule has 0 fully saturated rings. The molecule has 0 aliphatic rings. The first kappa shape index (κ1) is 8.64. The van der Waals surface area contributed by atoms with E-state index in [1.807, 2.05) is 18.5 Å². The number of hydrogen-bond donors (Lipinski definition) is 1. The van der Waals surface area contributed by atoms with E-state index in [1.54, 1.807) is 6.33 Å². The van der Waals surface area contributed by atoms with Crippen molar-refractivity contribution in [1.82, 2.24) is 20.2 Å². The molecule has 2 heterocycles. The minimum absolute atomic E-state index is 0.964. The number of H-pyrrole nitrogens is 1. The fourth-order valence-electron chi connectivity index (χ4n) is 2.28. The molecule has 0 aliphatic heterocycles. The Kier molecular flexibility index (Phi) is 1.53. The first-order valence-electron chi connectivity index (χ1n) is 5.38. The maximum Gasteiger partial charge on any atom is 0.116 e. The molecule has 0 saturated heterocycles. The van der Waals surface area contributed by atoms with Gasteiger partial charge in [-0.05, 0) is 11.5 Å². The Bertz CT molecular complexity index is 848. The van der Waals surface area contributed by atoms with E-state index < -0.39 is 0 Å². The van der Waals surface area contributed by atoms with Crippen LogP contribution in [-0.2, 0) is 0 Å². The summed E-state index contributed by atoms with van der Waals surface area (Å²) in [6, 6.07) is 8.25. The van der Waals surface area contributed by atoms with Crippen LogP contribution >= 0.6 is 0 Å². The Labute approximate surface area is 96.3 Å². The number of rotatable bonds is 0. The predicted octanol–water partition coefficient (Wildman–Crippen LogP) is 2.66. The highest BCUT2D eigenvalue weighted by Crippen LogP contribution is 2.28. The summed E-state index contributed by atoms with van der Waals surface area (Å²) in [6.07, 6.45) is 5.26. The Hall–Kier alpha value is -2.49. The summed E-state index contributed by atoms with van der Waals surface area (Å²) < 4.78 is 0. The van der Waals surface area contributed by atoms with Crippen molar-refractivity contribution >= 4 is 32.6 Å². The van der Waals surface area contributed by atoms with Gasteiger partial charge in [-0.3, -0.25) is 5.10 Å². The van der Waals surface area contributed by atoms with Crippen molar-refractivity contribution in [2.45, 2.75) is 0 Å². The van der Waals surface area contributed by atoms with Crippen LogP contribution in [0, 0.1) is 0 Å². The maximum atomic E-state index is 4.26. The van der Waals surface area contributed by atoms with Crippen LogP contribution in [0.15, 0.2) is 43.0 Å². The highest BCUT2D eigenvalue weighted by molar-refractivity contribution is 6.14. The molecule has 0 atom stereocenters. The summed E-state index contributed by atoms with van der Waals surface area (Å²) in [7, 11) is 0. The van der Waals surface area contributed by atoms with E-state index in [-0.39, 0.29) is 0 Å². The normalized spacial score (nSPS) is 11.5. The number of hydrogen-bond acceptors (Lipinski definition) is 3. The van der Waals surface area contributed by atoms with E-state index in [2.05, 4.69) is 38.4 Å². The molecule has 17 heavy (non-hydrogen) atoms. The van der Waals surface area contributed by atoms with Crippen LogP contribution in [0.5, 0.6) is 0 Å². The van der Waals surface area contributed by atoms with Gasteiger partial charge in [-0.1, -0.05) is 18.2 Å². The van der Waals surface area contributed by atoms with E-state index in [0.29, 0.717) is 0 Å². The molecule has 0 radical (unpaired) electrons. The zero-order valence-corrected chi connectivity index (χ0v) is 8.88. The average Bonchev–Trinajstić information content (AvgIpc) is 2.86. The molecular weight excluding hydrogens is 212 g/mol. The standard InChI is InChI=1S/C13H8N4/c1-2-9-10(13-8(1)5-16-17-13)3-4-12-11(9)6-14-7-15-12/h1-7H,(H,16,17). The SMILES string of the molecule is c1ncc2c(ccc3c2ccc2cn[nH]c23)n1. The minimum Gasteiger partial charge on any atom is -0.277 e. The Morgan fingerprint density at radius 2 is 1.82 bits per heavy atom. The van der Waals surface area contributed by atoms with E-state index in [1.165, 1.54) is 0 Å². The molecular formula is C13H8N4. The molecule has 2 aromatic carbocycles. The second kappa shape index (κ2) is 3.01. The van der Waals surface area contributed by atoms with Crippen molar-refractivity contribution in [1.29, 1.82) is 0 Å². The highest BCUT2D eigenvalue weighted by atomic mass is 15.1. The lowest BCUT2D eigenvalue weighted by Crippen LogP contribution is -1.83. The first-order chi connectivity index (χ1) is 8.43. The number of benzene rings is 2. The summed E-state index contributed by atoms with van der Waals surface area (Å²) >= 11 is 0. The molecule has 4 rings (SSSR count). The Balaban J connectivity index is 2.34. The molecule has 0 unspecified atom stereocenters. The zero-order valence-electron chi connectivity index (χ0n) is 8.88. The van der Waals surface area contributed by atoms with Crippen molar-refractivity contribution in [3.8, 4) is 0 Å². The second-order valence-electron chi connectivity index (χ2n) is 4.02. The molecule has 80 valence electrons. The van der Waals surface area contributed by atoms with E-state index in [4.69, 9.17) is 0 Å². The van der Waals surface area contributed by atoms with Crippen molar-refractivity contribution in [3.05, 3.63) is 43.0 Å². The topological polar surface area (TPSA) is 54.5 Å². The second-order valence-corrected chi connectivity index (χ2v) is 4.02. The summed E-state index contributed by atoms with van der Waals surface area (Å²) in [5.74, 6) is 0. The van der Waals surface area contributed by atoms with E-state index in [9.17, 15) is 0 Å². The van der Waals surface area contributed by atoms with Crippen LogP contribution in [0.2, 0.25) is 0 Å². The molecule has 4 aromatic rings. The molecule has 2 aromatic heterocycles. The number of fused-ring (bicyclic) bond motifs is 5. The van der Waals surface area contributed by atoms with Crippen LogP contribution in [0.3, 0.4) is 0 Å². The van der Waals surface area contributed by atoms with Gasteiger partial charge in [-0.25, -0.2) is 9.97 Å². The summed E-state index contributed by atoms with van der Waals surface area (Å²) in [5, 5.41) is 11.6. The lowest BCUT2D eigenvalue weighted by molar-refractivity contribution is 1.12. The quantitative estimate of drug-likeness (QED) is 0.463. The third-order valence-electron chi connectivity index (χ3n) is 3.10. The van der Waals surface area contributed by atoms with Crippen LogP contribution < -0.4 is 0 Å². The van der Waals surface area contributed by atoms with Gasteiger partial charge < -0.3 is 0 Å². The van der Waals surface area contributed by atoms with E-state index >= 15 is 0 Å². The lowest BCUT2D eigenvalue weighted by Gasteiger charge is -2.03. The fourth-order valence-corrected chi connectivity index (χ4v) is 2.28. The monoisotopic (exact) mass is 220 g/mol. The van der Waals surface area contributed by atoms with Gasteiger partial charge in [0.15, 0.2) is 0 Å². The molecule has 4 nitrogen and oxygen atoms in total. The predicted molar refractivity (Wildman–Crippen MR) is 66.7 cm³/mol. The fraction of sp³-hybridized carbons (Fsp3) is 0. The number of aromatic amines is 1. The molecule has 1 N–H and O–H groups in total. The summed E-state index contributed by atoms with van der Waals surface area (Å²) in [6.45, 7) is 0. The smallest absolute Gasteiger partial charge is 0.116 e. The van der Waals surface area contributed by atoms with Gasteiger partial charge in [-0.15, -0.1) is 0 Å². The molecule has 0 aliphatic carbocycles. The maximum absolute atomic E-state index is 4.26. The number of nitrogens with zero attached hydrogens (tertiary/aromatic N) is 3. The van der Waals surface area contributed by atoms with Gasteiger partial charge in [-0.2, -0.15) is 5.10 Å². The minimum atomic E-state index is 0.964. The summed E-state index contributed by atoms with van der Waals surface area (Å²) in [5.41, 5.74) is 2.03. The van der Waals surface area contributed by atoms with Gasteiger partial charge in [0, 0.05) is 22.4 Å². The Morgan fingerprint density at radius 1 is 0.882 bits per heavy atom. The zero-order chi connectivity index (χ0) is 11.2. The first-order valence-corrected chi connectivity index (χ1v) is 5.38. The van der Waals surface area contributed by atoms with Crippen molar-refractivity contribution in [2.24, 2.45) is 0 Å². The average molecular weight is 220 g/mol. The van der Waals surface area contributed by atoms with Gasteiger partial charge in [0.05, 0.1) is 17.2 Å². The molecule has 4 heteroatoms. The summed E-state index contributed by atoms with van der Waals surface area (Å²) in [4.78, 5) is 8.36. The molecule has 0 spiro atoms. The Morgan fingerprint density at radius 3 is 2.82 bits per heavy atom. The molecule has 0 amide bonds. The molecule has 0 bridgehead atoms. The number of nitrogens with one attached hydrogen (secondary N) is 1. The third-order valence-corrected chi connectivity index (χ3v) is 3.10. The molecule has 0 saturated carbocycles. The van der Waals surface area contributed by atoms with Crippen LogP contribution in [0.4, 0.5) is 0 Å². The number of aromatic nitrogens is 4. The highest BCUT2D eigenvalue weighted by Gasteiger charge is 2.05. The van der Waals surface area contributed by atoms with Crippen molar-refractivity contribution in [3.63, 3.8) is 0 Å². The van der Waals surface area contributed by atoms with Gasteiger partial charge in [0.2, 0.25) is 0 Å². The van der Waals surface area contributed by atoms with Gasteiger partial charge in [0.1, 0.15) is 6.33 Å². The van der Waals surface area contributed by atoms with Crippen molar-refractivity contribution in [2.75, 3.05) is 0 Å². The van der Waals surface area contributed by atoms with Crippen LogP contribution in [0.25, 0.3) is 32.6 Å². The van der Waals surface area contributed by atoms with Gasteiger partial charge in [0.25, 0.3) is 0 Å². The third kappa shape index (κ3) is 1.09. The van der Waals surface area contributed by atoms with Crippen LogP contribution in [-0.4, -0.2) is 20.2 Å². The lowest BCUT2D eigenvalue weighted by atomic mass is 10.0. The van der Waals surface area contributed by atoms with E-state index in [0.717, 1.165) is 32.6 Å². The van der Waals surface area contributed by atoms with Crippen molar-refractivity contribution < 1.29 is 0 Å².